The summed E-state index contributed by atoms with van der Waals surface area (Å²) in [4.78, 5) is 11.3. The second-order valence-corrected chi connectivity index (χ2v) is 5.85. The van der Waals surface area contributed by atoms with Gasteiger partial charge in [-0.25, -0.2) is 4.79 Å². The van der Waals surface area contributed by atoms with Gasteiger partial charge in [-0.05, 0) is 43.2 Å². The van der Waals surface area contributed by atoms with Crippen LogP contribution in [0.2, 0.25) is 0 Å². The van der Waals surface area contributed by atoms with Crippen molar-refractivity contribution in [2.45, 2.75) is 33.1 Å². The van der Waals surface area contributed by atoms with Gasteiger partial charge in [0.15, 0.2) is 0 Å². The molecule has 0 spiro atoms. The van der Waals surface area contributed by atoms with Crippen LogP contribution < -0.4 is 4.74 Å². The van der Waals surface area contributed by atoms with Crippen LogP contribution in [0, 0.1) is 5.41 Å². The monoisotopic (exact) mass is 286 g/mol. The largest absolute Gasteiger partial charge is 0.496 e. The van der Waals surface area contributed by atoms with Gasteiger partial charge in [-0.15, -0.1) is 0 Å². The standard InChI is InChI=1S/C18H22O3/c1-13-7-4-5-11-18(13,2)12-10-14-8-6-9-15(17(19)20)16(14)21-3/h4-9H,10-12H2,1-3H3,(H,19,20). The van der Waals surface area contributed by atoms with Crippen molar-refractivity contribution in [1.82, 2.24) is 0 Å². The number of carboxylic acids is 1. The summed E-state index contributed by atoms with van der Waals surface area (Å²) in [5.74, 6) is -0.460. The first-order valence-electron chi connectivity index (χ1n) is 7.21. The lowest BCUT2D eigenvalue weighted by Crippen LogP contribution is -2.20. The molecule has 1 aromatic rings. The molecule has 1 aromatic carbocycles. The first-order valence-corrected chi connectivity index (χ1v) is 7.21. The average Bonchev–Trinajstić information content (AvgIpc) is 2.48. The fraction of sp³-hybridized carbons (Fsp3) is 0.389. The zero-order chi connectivity index (χ0) is 15.5. The molecular formula is C18H22O3. The van der Waals surface area contributed by atoms with E-state index < -0.39 is 5.97 Å². The van der Waals surface area contributed by atoms with Crippen LogP contribution in [0.25, 0.3) is 0 Å². The van der Waals surface area contributed by atoms with E-state index in [9.17, 15) is 9.90 Å². The molecule has 3 nitrogen and oxygen atoms in total. The first kappa shape index (κ1) is 15.4. The Kier molecular flexibility index (Phi) is 4.51. The minimum absolute atomic E-state index is 0.138. The molecular weight excluding hydrogens is 264 g/mol. The van der Waals surface area contributed by atoms with E-state index in [1.54, 1.807) is 12.1 Å². The molecule has 2 rings (SSSR count). The predicted octanol–water partition coefficient (Wildman–Crippen LogP) is 4.24. The number of para-hydroxylation sites is 1. The van der Waals surface area contributed by atoms with Crippen LogP contribution in [0.3, 0.4) is 0 Å². The fourth-order valence-corrected chi connectivity index (χ4v) is 2.80. The van der Waals surface area contributed by atoms with Gasteiger partial charge >= 0.3 is 5.97 Å². The summed E-state index contributed by atoms with van der Waals surface area (Å²) in [5.41, 5.74) is 2.70. The van der Waals surface area contributed by atoms with Gasteiger partial charge in [-0.3, -0.25) is 0 Å². The van der Waals surface area contributed by atoms with Crippen molar-refractivity contribution < 1.29 is 14.6 Å². The van der Waals surface area contributed by atoms with Crippen LogP contribution in [0.1, 0.15) is 42.6 Å². The molecule has 0 fully saturated rings. The van der Waals surface area contributed by atoms with E-state index in [2.05, 4.69) is 32.1 Å². The Balaban J connectivity index is 2.21. The maximum Gasteiger partial charge on any atom is 0.339 e. The lowest BCUT2D eigenvalue weighted by atomic mass is 9.73. The summed E-state index contributed by atoms with van der Waals surface area (Å²) in [7, 11) is 1.53. The number of carboxylic acid groups (broad SMARTS) is 1. The summed E-state index contributed by atoms with van der Waals surface area (Å²) in [6, 6.07) is 5.32. The van der Waals surface area contributed by atoms with Crippen LogP contribution >= 0.6 is 0 Å². The lowest BCUT2D eigenvalue weighted by Gasteiger charge is -2.32. The van der Waals surface area contributed by atoms with Gasteiger partial charge in [-0.1, -0.05) is 42.9 Å². The molecule has 0 amide bonds. The second-order valence-electron chi connectivity index (χ2n) is 5.85. The highest BCUT2D eigenvalue weighted by atomic mass is 16.5. The van der Waals surface area contributed by atoms with E-state index in [0.29, 0.717) is 5.75 Å². The SMILES string of the molecule is COc1c(CCC2(C)CC=CC=C2C)cccc1C(=O)O. The molecule has 1 N–H and O–H groups in total. The van der Waals surface area contributed by atoms with Crippen molar-refractivity contribution in [3.8, 4) is 5.75 Å². The highest BCUT2D eigenvalue weighted by molar-refractivity contribution is 5.91. The quantitative estimate of drug-likeness (QED) is 0.880. The molecule has 0 bridgehead atoms. The number of carbonyl (C=O) groups is 1. The zero-order valence-corrected chi connectivity index (χ0v) is 12.8. The maximum atomic E-state index is 11.3. The molecule has 0 saturated heterocycles. The number of allylic oxidation sites excluding steroid dienone is 4. The highest BCUT2D eigenvalue weighted by Crippen LogP contribution is 2.39. The van der Waals surface area contributed by atoms with Crippen LogP contribution in [0.4, 0.5) is 0 Å². The highest BCUT2D eigenvalue weighted by Gasteiger charge is 2.27. The van der Waals surface area contributed by atoms with Crippen molar-refractivity contribution in [3.05, 3.63) is 53.1 Å². The molecule has 1 aliphatic rings. The van der Waals surface area contributed by atoms with E-state index in [-0.39, 0.29) is 11.0 Å². The summed E-state index contributed by atoms with van der Waals surface area (Å²) in [5, 5.41) is 9.23. The Morgan fingerprint density at radius 2 is 2.19 bits per heavy atom. The van der Waals surface area contributed by atoms with Gasteiger partial charge < -0.3 is 9.84 Å². The molecule has 0 aliphatic heterocycles. The molecule has 3 heteroatoms. The van der Waals surface area contributed by atoms with Gasteiger partial charge in [0, 0.05) is 0 Å². The number of hydrogen-bond donors (Lipinski definition) is 1. The summed E-state index contributed by atoms with van der Waals surface area (Å²) in [6.45, 7) is 4.42. The third kappa shape index (κ3) is 3.18. The van der Waals surface area contributed by atoms with Crippen molar-refractivity contribution in [2.24, 2.45) is 5.41 Å². The number of methoxy groups -OCH3 is 1. The van der Waals surface area contributed by atoms with Gasteiger partial charge in [0.1, 0.15) is 11.3 Å². The van der Waals surface area contributed by atoms with Crippen LogP contribution in [-0.2, 0) is 6.42 Å². The van der Waals surface area contributed by atoms with Crippen molar-refractivity contribution in [2.75, 3.05) is 7.11 Å². The van der Waals surface area contributed by atoms with E-state index >= 15 is 0 Å². The maximum absolute atomic E-state index is 11.3. The molecule has 1 unspecified atom stereocenters. The van der Waals surface area contributed by atoms with Gasteiger partial charge in [0.25, 0.3) is 0 Å². The summed E-state index contributed by atoms with van der Waals surface area (Å²) >= 11 is 0. The number of ether oxygens (including phenoxy) is 1. The van der Waals surface area contributed by atoms with Crippen LogP contribution in [0.15, 0.2) is 42.0 Å². The summed E-state index contributed by atoms with van der Waals surface area (Å²) < 4.78 is 5.33. The van der Waals surface area contributed by atoms with Crippen molar-refractivity contribution in [1.29, 1.82) is 0 Å². The third-order valence-electron chi connectivity index (χ3n) is 4.48. The Morgan fingerprint density at radius 1 is 1.43 bits per heavy atom. The van der Waals surface area contributed by atoms with E-state index in [1.807, 2.05) is 6.07 Å². The molecule has 0 heterocycles. The minimum Gasteiger partial charge on any atom is -0.496 e. The third-order valence-corrected chi connectivity index (χ3v) is 4.48. The minimum atomic E-state index is -0.948. The molecule has 112 valence electrons. The van der Waals surface area contributed by atoms with Crippen molar-refractivity contribution >= 4 is 5.97 Å². The molecule has 21 heavy (non-hydrogen) atoms. The van der Waals surface area contributed by atoms with Gasteiger partial charge in [0.05, 0.1) is 7.11 Å². The molecule has 1 atom stereocenters. The number of rotatable bonds is 5. The molecule has 0 saturated carbocycles. The second kappa shape index (κ2) is 6.17. The fourth-order valence-electron chi connectivity index (χ4n) is 2.80. The molecule has 0 aromatic heterocycles. The lowest BCUT2D eigenvalue weighted by molar-refractivity contribution is 0.0693. The van der Waals surface area contributed by atoms with Gasteiger partial charge in [0.2, 0.25) is 0 Å². The van der Waals surface area contributed by atoms with E-state index in [0.717, 1.165) is 24.8 Å². The molecule has 1 aliphatic carbocycles. The Hall–Kier alpha value is -2.03. The first-order chi connectivity index (χ1) is 9.98. The number of hydrogen-bond acceptors (Lipinski definition) is 2. The van der Waals surface area contributed by atoms with E-state index in [1.165, 1.54) is 12.7 Å². The Bertz CT molecular complexity index is 598. The van der Waals surface area contributed by atoms with Crippen LogP contribution in [0.5, 0.6) is 5.75 Å². The Morgan fingerprint density at radius 3 is 2.81 bits per heavy atom. The smallest absolute Gasteiger partial charge is 0.339 e. The number of aryl methyl sites for hydroxylation is 1. The van der Waals surface area contributed by atoms with Crippen molar-refractivity contribution in [3.63, 3.8) is 0 Å². The normalized spacial score (nSPS) is 21.0. The van der Waals surface area contributed by atoms with Crippen LogP contribution in [-0.4, -0.2) is 18.2 Å². The van der Waals surface area contributed by atoms with E-state index in [4.69, 9.17) is 4.74 Å². The van der Waals surface area contributed by atoms with Gasteiger partial charge in [-0.2, -0.15) is 0 Å². The Labute approximate surface area is 125 Å². The average molecular weight is 286 g/mol. The number of benzene rings is 1. The zero-order valence-electron chi connectivity index (χ0n) is 12.8. The molecule has 0 radical (unpaired) electrons. The predicted molar refractivity (Wildman–Crippen MR) is 83.9 cm³/mol. The summed E-state index contributed by atoms with van der Waals surface area (Å²) in [6.07, 6.45) is 9.25. The number of aromatic carboxylic acids is 1. The topological polar surface area (TPSA) is 46.5 Å².